The van der Waals surface area contributed by atoms with E-state index in [4.69, 9.17) is 0 Å². The molecule has 5 nitrogen and oxygen atoms in total. The van der Waals surface area contributed by atoms with E-state index in [1.807, 2.05) is 13.8 Å². The van der Waals surface area contributed by atoms with Crippen LogP contribution in [0.15, 0.2) is 22.7 Å². The van der Waals surface area contributed by atoms with E-state index in [1.54, 1.807) is 12.1 Å². The molecule has 0 radical (unpaired) electrons. The summed E-state index contributed by atoms with van der Waals surface area (Å²) < 4.78 is 0.758. The van der Waals surface area contributed by atoms with E-state index in [0.717, 1.165) is 10.9 Å². The summed E-state index contributed by atoms with van der Waals surface area (Å²) in [5.41, 5.74) is 0.422. The van der Waals surface area contributed by atoms with Crippen molar-refractivity contribution >= 4 is 27.3 Å². The van der Waals surface area contributed by atoms with Crippen LogP contribution in [0.4, 0.5) is 11.4 Å². The number of nitrogens with zero attached hydrogens (tertiary/aromatic N) is 1. The lowest BCUT2D eigenvalue weighted by Crippen LogP contribution is -2.26. The van der Waals surface area contributed by atoms with Crippen LogP contribution >= 0.6 is 15.9 Å². The summed E-state index contributed by atoms with van der Waals surface area (Å²) in [5, 5.41) is 23.6. The van der Waals surface area contributed by atoms with Crippen molar-refractivity contribution in [3.8, 4) is 0 Å². The highest BCUT2D eigenvalue weighted by Gasteiger charge is 2.16. The zero-order valence-corrected chi connectivity index (χ0v) is 12.0. The van der Waals surface area contributed by atoms with Gasteiger partial charge in [-0.3, -0.25) is 10.1 Å². The average molecular weight is 317 g/mol. The van der Waals surface area contributed by atoms with Crippen LogP contribution in [0.25, 0.3) is 0 Å². The first kappa shape index (κ1) is 14.9. The van der Waals surface area contributed by atoms with E-state index in [9.17, 15) is 15.2 Å². The molecule has 2 N–H and O–H groups in total. The number of rotatable bonds is 6. The largest absolute Gasteiger partial charge is 0.391 e. The normalized spacial score (nSPS) is 14.0. The summed E-state index contributed by atoms with van der Waals surface area (Å²) in [6.07, 6.45) is 0.345. The molecular formula is C12H17BrN2O3. The number of hydrogen-bond donors (Lipinski definition) is 2. The number of nitrogens with one attached hydrogen (secondary N) is 1. The van der Waals surface area contributed by atoms with Crippen LogP contribution in [0.5, 0.6) is 0 Å². The molecule has 1 aromatic rings. The molecular weight excluding hydrogens is 300 g/mol. The Kier molecular flexibility index (Phi) is 5.55. The molecule has 0 aliphatic rings. The average Bonchev–Trinajstić information content (AvgIpc) is 2.34. The van der Waals surface area contributed by atoms with Gasteiger partial charge in [0.05, 0.1) is 11.0 Å². The second kappa shape index (κ2) is 6.70. The number of anilines is 1. The molecule has 2 atom stereocenters. The molecule has 0 saturated heterocycles. The second-order valence-electron chi connectivity index (χ2n) is 4.25. The third kappa shape index (κ3) is 3.96. The zero-order chi connectivity index (χ0) is 13.7. The molecule has 0 aromatic heterocycles. The van der Waals surface area contributed by atoms with Crippen LogP contribution in [-0.4, -0.2) is 22.7 Å². The molecule has 0 aliphatic heterocycles. The predicted octanol–water partition coefficient (Wildman–Crippen LogP) is 3.18. The highest BCUT2D eigenvalue weighted by atomic mass is 79.9. The Hall–Kier alpha value is -1.14. The van der Waals surface area contributed by atoms with Crippen molar-refractivity contribution in [1.29, 1.82) is 0 Å². The monoisotopic (exact) mass is 316 g/mol. The summed E-state index contributed by atoms with van der Waals surface area (Å²) >= 11 is 3.27. The number of halogens is 1. The minimum absolute atomic E-state index is 0.00884. The van der Waals surface area contributed by atoms with Gasteiger partial charge in [0.1, 0.15) is 5.69 Å². The minimum atomic E-state index is -0.520. The van der Waals surface area contributed by atoms with E-state index in [1.165, 1.54) is 6.07 Å². The zero-order valence-electron chi connectivity index (χ0n) is 10.4. The smallest absolute Gasteiger partial charge is 0.292 e. The molecule has 0 aliphatic carbocycles. The van der Waals surface area contributed by atoms with E-state index < -0.39 is 11.0 Å². The van der Waals surface area contributed by atoms with Crippen LogP contribution < -0.4 is 5.32 Å². The highest BCUT2D eigenvalue weighted by Crippen LogP contribution is 2.28. The van der Waals surface area contributed by atoms with Gasteiger partial charge in [-0.05, 0) is 18.1 Å². The van der Waals surface area contributed by atoms with Crippen LogP contribution in [-0.2, 0) is 0 Å². The Balaban J connectivity index is 2.77. The van der Waals surface area contributed by atoms with E-state index in [2.05, 4.69) is 21.2 Å². The van der Waals surface area contributed by atoms with Crippen LogP contribution in [0, 0.1) is 16.0 Å². The van der Waals surface area contributed by atoms with Gasteiger partial charge in [0.25, 0.3) is 5.69 Å². The number of aliphatic hydroxyl groups excluding tert-OH is 1. The highest BCUT2D eigenvalue weighted by molar-refractivity contribution is 9.10. The third-order valence-corrected chi connectivity index (χ3v) is 3.45. The van der Waals surface area contributed by atoms with Gasteiger partial charge in [0.15, 0.2) is 0 Å². The standard InChI is InChI=1S/C12H17BrN2O3/c1-3-8(2)12(16)7-14-10-6-9(13)4-5-11(10)15(17)18/h4-6,8,12,14,16H,3,7H2,1-2H3. The van der Waals surface area contributed by atoms with Crippen molar-refractivity contribution in [3.63, 3.8) is 0 Å². The van der Waals surface area contributed by atoms with Gasteiger partial charge in [-0.1, -0.05) is 36.2 Å². The fourth-order valence-corrected chi connectivity index (χ4v) is 1.86. The Morgan fingerprint density at radius 2 is 2.22 bits per heavy atom. The van der Waals surface area contributed by atoms with Crippen molar-refractivity contribution in [2.24, 2.45) is 5.92 Å². The van der Waals surface area contributed by atoms with Crippen molar-refractivity contribution < 1.29 is 10.0 Å². The fraction of sp³-hybridized carbons (Fsp3) is 0.500. The fourth-order valence-electron chi connectivity index (χ4n) is 1.50. The van der Waals surface area contributed by atoms with Gasteiger partial charge in [-0.2, -0.15) is 0 Å². The molecule has 0 fully saturated rings. The maximum absolute atomic E-state index is 10.9. The summed E-state index contributed by atoms with van der Waals surface area (Å²) in [5.74, 6) is 0.156. The van der Waals surface area contributed by atoms with Crippen LogP contribution in [0.2, 0.25) is 0 Å². The first-order chi connectivity index (χ1) is 8.45. The third-order valence-electron chi connectivity index (χ3n) is 2.96. The molecule has 2 unspecified atom stereocenters. The first-order valence-corrected chi connectivity index (χ1v) is 6.60. The molecule has 100 valence electrons. The molecule has 0 spiro atoms. The van der Waals surface area contributed by atoms with E-state index in [0.29, 0.717) is 12.2 Å². The van der Waals surface area contributed by atoms with E-state index >= 15 is 0 Å². The molecule has 0 saturated carbocycles. The summed E-state index contributed by atoms with van der Waals surface area (Å²) in [6.45, 7) is 4.24. The van der Waals surface area contributed by atoms with Gasteiger partial charge >= 0.3 is 0 Å². The number of nitro groups is 1. The Bertz CT molecular complexity index is 426. The van der Waals surface area contributed by atoms with Gasteiger partial charge in [0.2, 0.25) is 0 Å². The quantitative estimate of drug-likeness (QED) is 0.624. The van der Waals surface area contributed by atoms with Gasteiger partial charge in [-0.15, -0.1) is 0 Å². The van der Waals surface area contributed by atoms with Crippen molar-refractivity contribution in [2.75, 3.05) is 11.9 Å². The molecule has 6 heteroatoms. The van der Waals surface area contributed by atoms with Crippen molar-refractivity contribution in [3.05, 3.63) is 32.8 Å². The maximum atomic E-state index is 10.9. The Labute approximate surface area is 114 Å². The minimum Gasteiger partial charge on any atom is -0.391 e. The lowest BCUT2D eigenvalue weighted by Gasteiger charge is -2.18. The molecule has 1 rings (SSSR count). The number of hydrogen-bond acceptors (Lipinski definition) is 4. The molecule has 0 heterocycles. The lowest BCUT2D eigenvalue weighted by molar-refractivity contribution is -0.384. The Morgan fingerprint density at radius 1 is 1.56 bits per heavy atom. The first-order valence-electron chi connectivity index (χ1n) is 5.81. The molecule has 1 aromatic carbocycles. The SMILES string of the molecule is CCC(C)C(O)CNc1cc(Br)ccc1[N+](=O)[O-]. The summed E-state index contributed by atoms with van der Waals surface area (Å²) in [4.78, 5) is 10.4. The lowest BCUT2D eigenvalue weighted by atomic mass is 10.0. The Morgan fingerprint density at radius 3 is 2.78 bits per heavy atom. The van der Waals surface area contributed by atoms with Crippen molar-refractivity contribution in [2.45, 2.75) is 26.4 Å². The summed E-state index contributed by atoms with van der Waals surface area (Å²) in [6, 6.07) is 4.69. The van der Waals surface area contributed by atoms with Crippen LogP contribution in [0.1, 0.15) is 20.3 Å². The number of benzene rings is 1. The topological polar surface area (TPSA) is 75.4 Å². The van der Waals surface area contributed by atoms with E-state index in [-0.39, 0.29) is 11.6 Å². The predicted molar refractivity (Wildman–Crippen MR) is 74.7 cm³/mol. The maximum Gasteiger partial charge on any atom is 0.292 e. The van der Waals surface area contributed by atoms with Gasteiger partial charge in [-0.25, -0.2) is 0 Å². The molecule has 0 bridgehead atoms. The van der Waals surface area contributed by atoms with Crippen molar-refractivity contribution in [1.82, 2.24) is 0 Å². The summed E-state index contributed by atoms with van der Waals surface area (Å²) in [7, 11) is 0. The second-order valence-corrected chi connectivity index (χ2v) is 5.17. The molecule has 0 amide bonds. The van der Waals surface area contributed by atoms with Gasteiger partial charge in [0, 0.05) is 17.1 Å². The van der Waals surface area contributed by atoms with Crippen LogP contribution in [0.3, 0.4) is 0 Å². The molecule has 18 heavy (non-hydrogen) atoms. The van der Waals surface area contributed by atoms with Gasteiger partial charge < -0.3 is 10.4 Å². The number of nitro benzene ring substituents is 1. The number of aliphatic hydroxyl groups is 1.